The summed E-state index contributed by atoms with van der Waals surface area (Å²) in [7, 11) is 0. The number of H-pyrrole nitrogens is 1. The molecule has 0 aliphatic carbocycles. The third kappa shape index (κ3) is 2.33. The van der Waals surface area contributed by atoms with Crippen LogP contribution >= 0.6 is 11.8 Å². The molecule has 0 saturated carbocycles. The van der Waals surface area contributed by atoms with E-state index in [2.05, 4.69) is 9.97 Å². The van der Waals surface area contributed by atoms with Gasteiger partial charge in [-0.05, 0) is 30.3 Å². The second-order valence-corrected chi connectivity index (χ2v) is 5.31. The molecule has 6 heteroatoms. The van der Waals surface area contributed by atoms with Crippen LogP contribution in [0.4, 0.5) is 5.69 Å². The molecule has 1 heterocycles. The van der Waals surface area contributed by atoms with E-state index in [1.165, 1.54) is 11.8 Å². The van der Waals surface area contributed by atoms with Gasteiger partial charge in [0, 0.05) is 10.6 Å². The Kier molecular flexibility index (Phi) is 3.08. The summed E-state index contributed by atoms with van der Waals surface area (Å²) in [6, 6.07) is 12.8. The van der Waals surface area contributed by atoms with Crippen molar-refractivity contribution in [3.05, 3.63) is 48.0 Å². The van der Waals surface area contributed by atoms with Crippen LogP contribution in [0.3, 0.4) is 0 Å². The van der Waals surface area contributed by atoms with Crippen LogP contribution in [0.25, 0.3) is 11.0 Å². The average Bonchev–Trinajstić information content (AvgIpc) is 2.82. The van der Waals surface area contributed by atoms with Gasteiger partial charge in [0.05, 0.1) is 16.6 Å². The molecule has 0 unspecified atom stereocenters. The quantitative estimate of drug-likeness (QED) is 0.643. The third-order valence-electron chi connectivity index (χ3n) is 2.84. The number of carbonyl (C=O) groups is 1. The number of hydrogen-bond acceptors (Lipinski definition) is 4. The number of aromatic amines is 1. The Labute approximate surface area is 119 Å². The van der Waals surface area contributed by atoms with Crippen molar-refractivity contribution in [2.75, 3.05) is 5.73 Å². The lowest BCUT2D eigenvalue weighted by atomic mass is 10.2. The first-order valence-electron chi connectivity index (χ1n) is 5.95. The second kappa shape index (κ2) is 4.90. The zero-order valence-corrected chi connectivity index (χ0v) is 11.3. The van der Waals surface area contributed by atoms with Crippen LogP contribution in [0, 0.1) is 0 Å². The molecule has 5 N–H and O–H groups in total. The highest BCUT2D eigenvalue weighted by Crippen LogP contribution is 2.30. The van der Waals surface area contributed by atoms with E-state index in [0.29, 0.717) is 16.4 Å². The minimum Gasteiger partial charge on any atom is -0.399 e. The summed E-state index contributed by atoms with van der Waals surface area (Å²) < 4.78 is 0. The lowest BCUT2D eigenvalue weighted by molar-refractivity contribution is 0.0997. The SMILES string of the molecule is NC(=O)c1cc(N)ccc1Sc1nc2ccccc2[nH]1. The molecule has 0 fully saturated rings. The molecule has 0 bridgehead atoms. The second-order valence-electron chi connectivity index (χ2n) is 4.28. The van der Waals surface area contributed by atoms with Gasteiger partial charge in [0.1, 0.15) is 0 Å². The monoisotopic (exact) mass is 284 g/mol. The number of hydrogen-bond donors (Lipinski definition) is 3. The number of aromatic nitrogens is 2. The minimum atomic E-state index is -0.504. The highest BCUT2D eigenvalue weighted by molar-refractivity contribution is 7.99. The molecule has 3 rings (SSSR count). The molecule has 0 spiro atoms. The van der Waals surface area contributed by atoms with E-state index in [1.807, 2.05) is 24.3 Å². The van der Waals surface area contributed by atoms with Crippen molar-refractivity contribution in [1.82, 2.24) is 9.97 Å². The molecule has 0 aliphatic rings. The highest BCUT2D eigenvalue weighted by Gasteiger charge is 2.12. The maximum Gasteiger partial charge on any atom is 0.249 e. The average molecular weight is 284 g/mol. The largest absolute Gasteiger partial charge is 0.399 e. The van der Waals surface area contributed by atoms with Crippen molar-refractivity contribution in [2.45, 2.75) is 10.1 Å². The summed E-state index contributed by atoms with van der Waals surface area (Å²) in [5.41, 5.74) is 13.8. The standard InChI is InChI=1S/C14H12N4OS/c15-8-5-6-12(9(7-8)13(16)19)20-14-17-10-3-1-2-4-11(10)18-14/h1-7H,15H2,(H2,16,19)(H,17,18). The Balaban J connectivity index is 2.00. The fourth-order valence-corrected chi connectivity index (χ4v) is 2.83. The van der Waals surface area contributed by atoms with Crippen molar-refractivity contribution in [2.24, 2.45) is 5.73 Å². The molecular formula is C14H12N4OS. The zero-order valence-electron chi connectivity index (χ0n) is 10.5. The van der Waals surface area contributed by atoms with Gasteiger partial charge in [0.15, 0.2) is 5.16 Å². The number of nitrogens with one attached hydrogen (secondary N) is 1. The maximum absolute atomic E-state index is 11.5. The molecule has 5 nitrogen and oxygen atoms in total. The van der Waals surface area contributed by atoms with Crippen molar-refractivity contribution in [3.8, 4) is 0 Å². The Morgan fingerprint density at radius 3 is 2.75 bits per heavy atom. The van der Waals surface area contributed by atoms with Crippen LogP contribution in [0.2, 0.25) is 0 Å². The molecule has 20 heavy (non-hydrogen) atoms. The van der Waals surface area contributed by atoms with Gasteiger partial charge in [-0.25, -0.2) is 4.98 Å². The molecule has 1 aromatic heterocycles. The van der Waals surface area contributed by atoms with Gasteiger partial charge in [-0.3, -0.25) is 4.79 Å². The van der Waals surface area contributed by atoms with Gasteiger partial charge in [-0.2, -0.15) is 0 Å². The summed E-state index contributed by atoms with van der Waals surface area (Å²) in [6.45, 7) is 0. The Morgan fingerprint density at radius 2 is 2.00 bits per heavy atom. The van der Waals surface area contributed by atoms with Crippen LogP contribution in [-0.4, -0.2) is 15.9 Å². The summed E-state index contributed by atoms with van der Waals surface area (Å²) in [6.07, 6.45) is 0. The number of benzene rings is 2. The number of rotatable bonds is 3. The summed E-state index contributed by atoms with van der Waals surface area (Å²) in [5, 5.41) is 0.707. The van der Waals surface area contributed by atoms with E-state index < -0.39 is 5.91 Å². The first-order valence-corrected chi connectivity index (χ1v) is 6.77. The molecule has 0 atom stereocenters. The fraction of sp³-hybridized carbons (Fsp3) is 0. The molecule has 2 aromatic carbocycles. The molecular weight excluding hydrogens is 272 g/mol. The van der Waals surface area contributed by atoms with Crippen LogP contribution in [0.5, 0.6) is 0 Å². The summed E-state index contributed by atoms with van der Waals surface area (Å²) in [5.74, 6) is -0.504. The van der Waals surface area contributed by atoms with E-state index in [-0.39, 0.29) is 0 Å². The zero-order chi connectivity index (χ0) is 14.1. The lowest BCUT2D eigenvalue weighted by Gasteiger charge is -2.05. The first kappa shape index (κ1) is 12.6. The van der Waals surface area contributed by atoms with Gasteiger partial charge in [0.2, 0.25) is 5.91 Å². The third-order valence-corrected chi connectivity index (χ3v) is 3.81. The molecule has 0 saturated heterocycles. The van der Waals surface area contributed by atoms with Crippen LogP contribution in [-0.2, 0) is 0 Å². The summed E-state index contributed by atoms with van der Waals surface area (Å²) >= 11 is 1.35. The molecule has 0 aliphatic heterocycles. The van der Waals surface area contributed by atoms with Crippen molar-refractivity contribution >= 4 is 34.4 Å². The van der Waals surface area contributed by atoms with Crippen molar-refractivity contribution in [3.63, 3.8) is 0 Å². The normalized spacial score (nSPS) is 10.8. The van der Waals surface area contributed by atoms with Gasteiger partial charge in [-0.15, -0.1) is 0 Å². The Morgan fingerprint density at radius 1 is 1.20 bits per heavy atom. The van der Waals surface area contributed by atoms with Gasteiger partial charge in [0.25, 0.3) is 0 Å². The summed E-state index contributed by atoms with van der Waals surface area (Å²) in [4.78, 5) is 19.8. The van der Waals surface area contributed by atoms with Gasteiger partial charge < -0.3 is 16.5 Å². The number of nitrogens with two attached hydrogens (primary N) is 2. The Bertz CT molecular complexity index is 764. The number of para-hydroxylation sites is 2. The van der Waals surface area contributed by atoms with Crippen molar-refractivity contribution in [1.29, 1.82) is 0 Å². The van der Waals surface area contributed by atoms with Gasteiger partial charge >= 0.3 is 0 Å². The van der Waals surface area contributed by atoms with Gasteiger partial charge in [-0.1, -0.05) is 23.9 Å². The topological polar surface area (TPSA) is 97.8 Å². The molecule has 100 valence electrons. The highest BCUT2D eigenvalue weighted by atomic mass is 32.2. The van der Waals surface area contributed by atoms with E-state index >= 15 is 0 Å². The van der Waals surface area contributed by atoms with E-state index in [4.69, 9.17) is 11.5 Å². The molecule has 1 amide bonds. The number of nitrogens with zero attached hydrogens (tertiary/aromatic N) is 1. The number of carbonyl (C=O) groups excluding carboxylic acids is 1. The van der Waals surface area contributed by atoms with E-state index in [0.717, 1.165) is 15.9 Å². The number of amides is 1. The number of primary amides is 1. The van der Waals surface area contributed by atoms with Crippen molar-refractivity contribution < 1.29 is 4.79 Å². The van der Waals surface area contributed by atoms with Crippen LogP contribution in [0.1, 0.15) is 10.4 Å². The number of anilines is 1. The molecule has 0 radical (unpaired) electrons. The maximum atomic E-state index is 11.5. The predicted molar refractivity (Wildman–Crippen MR) is 79.6 cm³/mol. The van der Waals surface area contributed by atoms with E-state index in [1.54, 1.807) is 18.2 Å². The first-order chi connectivity index (χ1) is 9.63. The number of imidazole rings is 1. The molecule has 3 aromatic rings. The lowest BCUT2D eigenvalue weighted by Crippen LogP contribution is -2.12. The van der Waals surface area contributed by atoms with E-state index in [9.17, 15) is 4.79 Å². The number of nitrogen functional groups attached to an aromatic ring is 1. The number of fused-ring (bicyclic) bond motifs is 1. The van der Waals surface area contributed by atoms with Crippen LogP contribution < -0.4 is 11.5 Å². The van der Waals surface area contributed by atoms with Crippen LogP contribution in [0.15, 0.2) is 52.5 Å². The fourth-order valence-electron chi connectivity index (χ4n) is 1.91. The Hall–Kier alpha value is -2.47. The minimum absolute atomic E-state index is 0.399. The predicted octanol–water partition coefficient (Wildman–Crippen LogP) is 2.40. The smallest absolute Gasteiger partial charge is 0.249 e.